The maximum absolute atomic E-state index is 12.6. The summed E-state index contributed by atoms with van der Waals surface area (Å²) < 4.78 is 33.3. The van der Waals surface area contributed by atoms with Gasteiger partial charge in [-0.15, -0.1) is 0 Å². The number of H-pyrrole nitrogens is 1. The largest absolute Gasteiger partial charge is 0.495 e. The number of aromatic nitrogens is 4. The van der Waals surface area contributed by atoms with Gasteiger partial charge in [0.25, 0.3) is 10.0 Å². The molecule has 0 fully saturated rings. The number of ether oxygens (including phenoxy) is 1. The van der Waals surface area contributed by atoms with E-state index in [0.29, 0.717) is 15.6 Å². The molecule has 0 bridgehead atoms. The number of hydrogen-bond donors (Lipinski definition) is 2. The standard InChI is InChI=1S/C12H10BrN5O3S/c1-21-8-3-2-7(13)4-9(8)22(19,20)18-12-10-11(15-5-14-10)16-6-17-12/h2-6H,1H3,(H2,14,15,16,17,18). The van der Waals surface area contributed by atoms with Crippen LogP contribution in [0.2, 0.25) is 0 Å². The molecular formula is C12H10BrN5O3S. The van der Waals surface area contributed by atoms with E-state index in [0.717, 1.165) is 0 Å². The highest BCUT2D eigenvalue weighted by Gasteiger charge is 2.22. The number of nitrogens with zero attached hydrogens (tertiary/aromatic N) is 3. The number of hydrogen-bond acceptors (Lipinski definition) is 6. The van der Waals surface area contributed by atoms with Gasteiger partial charge in [0.1, 0.15) is 22.5 Å². The van der Waals surface area contributed by atoms with Gasteiger partial charge in [0, 0.05) is 4.47 Å². The van der Waals surface area contributed by atoms with Crippen LogP contribution in [0.4, 0.5) is 5.82 Å². The second kappa shape index (κ2) is 5.54. The molecule has 2 heterocycles. The minimum atomic E-state index is -3.89. The summed E-state index contributed by atoms with van der Waals surface area (Å²) in [5.41, 5.74) is 0.772. The molecule has 0 amide bonds. The Morgan fingerprint density at radius 2 is 2.09 bits per heavy atom. The summed E-state index contributed by atoms with van der Waals surface area (Å²) in [5.74, 6) is 0.343. The monoisotopic (exact) mass is 383 g/mol. The van der Waals surface area contributed by atoms with Crippen molar-refractivity contribution in [2.75, 3.05) is 11.8 Å². The lowest BCUT2D eigenvalue weighted by molar-refractivity contribution is 0.403. The number of halogens is 1. The van der Waals surface area contributed by atoms with Gasteiger partial charge in [-0.3, -0.25) is 4.72 Å². The van der Waals surface area contributed by atoms with Gasteiger partial charge in [0.05, 0.1) is 13.4 Å². The second-order valence-corrected chi connectivity index (χ2v) is 6.79. The van der Waals surface area contributed by atoms with E-state index in [9.17, 15) is 8.42 Å². The molecular weight excluding hydrogens is 374 g/mol. The number of rotatable bonds is 4. The summed E-state index contributed by atoms with van der Waals surface area (Å²) in [5, 5.41) is 0. The molecule has 0 aliphatic heterocycles. The summed E-state index contributed by atoms with van der Waals surface area (Å²) >= 11 is 3.25. The third-order valence-corrected chi connectivity index (χ3v) is 4.72. The zero-order valence-electron chi connectivity index (χ0n) is 11.2. The lowest BCUT2D eigenvalue weighted by Crippen LogP contribution is -2.15. The van der Waals surface area contributed by atoms with Crippen LogP contribution in [-0.4, -0.2) is 35.5 Å². The SMILES string of the molecule is COc1ccc(Br)cc1S(=O)(=O)Nc1ncnc2nc[nH]c12. The number of aromatic amines is 1. The highest BCUT2D eigenvalue weighted by molar-refractivity contribution is 9.10. The van der Waals surface area contributed by atoms with Crippen molar-refractivity contribution in [1.82, 2.24) is 19.9 Å². The first-order valence-electron chi connectivity index (χ1n) is 6.02. The van der Waals surface area contributed by atoms with Crippen LogP contribution in [0, 0.1) is 0 Å². The third-order valence-electron chi connectivity index (χ3n) is 2.87. The van der Waals surface area contributed by atoms with Crippen molar-refractivity contribution in [1.29, 1.82) is 0 Å². The minimum absolute atomic E-state index is 0.00403. The molecule has 3 rings (SSSR count). The fraction of sp³-hybridized carbons (Fsp3) is 0.0833. The van der Waals surface area contributed by atoms with Gasteiger partial charge >= 0.3 is 0 Å². The number of benzene rings is 1. The fourth-order valence-corrected chi connectivity index (χ4v) is 3.62. The van der Waals surface area contributed by atoms with Crippen molar-refractivity contribution in [3.05, 3.63) is 35.3 Å². The predicted octanol–water partition coefficient (Wildman–Crippen LogP) is 1.92. The Balaban J connectivity index is 2.08. The molecule has 2 aromatic heterocycles. The zero-order chi connectivity index (χ0) is 15.7. The molecule has 0 saturated carbocycles. The Labute approximate surface area is 134 Å². The zero-order valence-corrected chi connectivity index (χ0v) is 13.6. The van der Waals surface area contributed by atoms with Crippen molar-refractivity contribution < 1.29 is 13.2 Å². The Morgan fingerprint density at radius 1 is 1.27 bits per heavy atom. The Bertz CT molecular complexity index is 941. The Kier molecular flexibility index (Phi) is 3.71. The van der Waals surface area contributed by atoms with Crippen LogP contribution >= 0.6 is 15.9 Å². The van der Waals surface area contributed by atoms with E-state index in [-0.39, 0.29) is 16.5 Å². The van der Waals surface area contributed by atoms with Crippen LogP contribution < -0.4 is 9.46 Å². The molecule has 22 heavy (non-hydrogen) atoms. The molecule has 3 aromatic rings. The van der Waals surface area contributed by atoms with Gasteiger partial charge in [-0.05, 0) is 18.2 Å². The van der Waals surface area contributed by atoms with Crippen molar-refractivity contribution in [3.63, 3.8) is 0 Å². The minimum Gasteiger partial charge on any atom is -0.495 e. The maximum atomic E-state index is 12.6. The topological polar surface area (TPSA) is 110 Å². The first-order chi connectivity index (χ1) is 10.5. The van der Waals surface area contributed by atoms with Gasteiger partial charge in [0.2, 0.25) is 0 Å². The molecule has 2 N–H and O–H groups in total. The molecule has 0 unspecified atom stereocenters. The first-order valence-corrected chi connectivity index (χ1v) is 8.29. The van der Waals surface area contributed by atoms with Crippen LogP contribution in [0.5, 0.6) is 5.75 Å². The van der Waals surface area contributed by atoms with E-state index in [1.54, 1.807) is 12.1 Å². The van der Waals surface area contributed by atoms with Crippen molar-refractivity contribution in [2.45, 2.75) is 4.90 Å². The normalized spacial score (nSPS) is 11.5. The number of fused-ring (bicyclic) bond motifs is 1. The van der Waals surface area contributed by atoms with Gasteiger partial charge in [-0.25, -0.2) is 23.4 Å². The van der Waals surface area contributed by atoms with Gasteiger partial charge < -0.3 is 9.72 Å². The molecule has 0 radical (unpaired) electrons. The van der Waals surface area contributed by atoms with Crippen LogP contribution in [-0.2, 0) is 10.0 Å². The van der Waals surface area contributed by atoms with E-state index >= 15 is 0 Å². The maximum Gasteiger partial charge on any atom is 0.266 e. The van der Waals surface area contributed by atoms with Gasteiger partial charge in [-0.1, -0.05) is 15.9 Å². The Morgan fingerprint density at radius 3 is 2.86 bits per heavy atom. The molecule has 8 nitrogen and oxygen atoms in total. The smallest absolute Gasteiger partial charge is 0.266 e. The molecule has 0 spiro atoms. The van der Waals surface area contributed by atoms with Gasteiger partial charge in [-0.2, -0.15) is 0 Å². The van der Waals surface area contributed by atoms with Crippen LogP contribution in [0.15, 0.2) is 40.2 Å². The molecule has 10 heteroatoms. The van der Waals surface area contributed by atoms with Crippen molar-refractivity contribution in [2.24, 2.45) is 0 Å². The highest BCUT2D eigenvalue weighted by Crippen LogP contribution is 2.29. The summed E-state index contributed by atoms with van der Waals surface area (Å²) in [4.78, 5) is 14.6. The number of methoxy groups -OCH3 is 1. The summed E-state index contributed by atoms with van der Waals surface area (Å²) in [6.45, 7) is 0. The summed E-state index contributed by atoms with van der Waals surface area (Å²) in [7, 11) is -2.49. The third kappa shape index (κ3) is 2.62. The predicted molar refractivity (Wildman–Crippen MR) is 83.2 cm³/mol. The van der Waals surface area contributed by atoms with Crippen molar-refractivity contribution >= 4 is 42.9 Å². The van der Waals surface area contributed by atoms with E-state index in [1.807, 2.05) is 0 Å². The van der Waals surface area contributed by atoms with Crippen LogP contribution in [0.1, 0.15) is 0 Å². The number of imidazole rings is 1. The molecule has 0 saturated heterocycles. The lowest BCUT2D eigenvalue weighted by atomic mass is 10.3. The average molecular weight is 384 g/mol. The average Bonchev–Trinajstić information content (AvgIpc) is 2.96. The number of nitrogens with one attached hydrogen (secondary N) is 2. The van der Waals surface area contributed by atoms with E-state index in [4.69, 9.17) is 4.74 Å². The summed E-state index contributed by atoms with van der Waals surface area (Å²) in [6.07, 6.45) is 2.65. The van der Waals surface area contributed by atoms with Crippen LogP contribution in [0.3, 0.4) is 0 Å². The highest BCUT2D eigenvalue weighted by atomic mass is 79.9. The van der Waals surface area contributed by atoms with E-state index in [2.05, 4.69) is 40.6 Å². The van der Waals surface area contributed by atoms with Gasteiger partial charge in [0.15, 0.2) is 11.5 Å². The quantitative estimate of drug-likeness (QED) is 0.711. The Hall–Kier alpha value is -2.20. The van der Waals surface area contributed by atoms with Crippen molar-refractivity contribution in [3.8, 4) is 5.75 Å². The summed E-state index contributed by atoms with van der Waals surface area (Å²) in [6, 6.07) is 4.70. The van der Waals surface area contributed by atoms with E-state index < -0.39 is 10.0 Å². The second-order valence-electron chi connectivity index (χ2n) is 4.22. The fourth-order valence-electron chi connectivity index (χ4n) is 1.89. The molecule has 0 atom stereocenters. The van der Waals surface area contributed by atoms with Crippen LogP contribution in [0.25, 0.3) is 11.2 Å². The molecule has 0 aliphatic rings. The molecule has 114 valence electrons. The number of sulfonamides is 1. The molecule has 1 aromatic carbocycles. The molecule has 0 aliphatic carbocycles. The number of anilines is 1. The first kappa shape index (κ1) is 14.7. The van der Waals surface area contributed by atoms with E-state index in [1.165, 1.54) is 25.8 Å². The lowest BCUT2D eigenvalue weighted by Gasteiger charge is -2.11.